The molecule has 1 spiro atoms. The molecule has 1 aromatic carbocycles. The minimum Gasteiger partial charge on any atom is -0.497 e. The van der Waals surface area contributed by atoms with Gasteiger partial charge >= 0.3 is 5.91 Å². The Labute approximate surface area is 144 Å². The lowest BCUT2D eigenvalue weighted by atomic mass is 9.93. The van der Waals surface area contributed by atoms with Gasteiger partial charge in [0.2, 0.25) is 0 Å². The van der Waals surface area contributed by atoms with Crippen LogP contribution in [0.5, 0.6) is 11.5 Å². The van der Waals surface area contributed by atoms with Crippen LogP contribution in [0, 0.1) is 33.5 Å². The van der Waals surface area contributed by atoms with Crippen LogP contribution in [0.3, 0.4) is 0 Å². The van der Waals surface area contributed by atoms with Crippen LogP contribution in [0.4, 0.5) is 0 Å². The summed E-state index contributed by atoms with van der Waals surface area (Å²) in [6.45, 7) is 0.634. The van der Waals surface area contributed by atoms with E-state index in [-0.39, 0.29) is 5.84 Å². The van der Waals surface area contributed by atoms with Crippen molar-refractivity contribution in [3.05, 3.63) is 23.8 Å². The number of nitrogens with one attached hydrogen (secondary N) is 1. The molecule has 8 heteroatoms. The smallest absolute Gasteiger partial charge is 0.343 e. The topological polar surface area (TPSA) is 124 Å². The summed E-state index contributed by atoms with van der Waals surface area (Å²) < 4.78 is 22.2. The highest BCUT2D eigenvalue weighted by Gasteiger charge is 2.97. The van der Waals surface area contributed by atoms with Gasteiger partial charge in [0.25, 0.3) is 5.84 Å². The fourth-order valence-electron chi connectivity index (χ4n) is 4.34. The van der Waals surface area contributed by atoms with Gasteiger partial charge in [-0.3, -0.25) is 5.73 Å². The average molecular weight is 341 g/mol. The number of methoxy groups -OCH3 is 2. The molecular formula is C17H17N4O4+. The van der Waals surface area contributed by atoms with Crippen molar-refractivity contribution in [2.45, 2.75) is 11.8 Å². The monoisotopic (exact) mass is 341 g/mol. The van der Waals surface area contributed by atoms with Crippen molar-refractivity contribution < 1.29 is 23.9 Å². The van der Waals surface area contributed by atoms with Crippen molar-refractivity contribution in [3.8, 4) is 23.6 Å². The van der Waals surface area contributed by atoms with Crippen molar-refractivity contribution in [1.29, 1.82) is 10.5 Å². The highest BCUT2D eigenvalue weighted by Crippen LogP contribution is 2.79. The summed E-state index contributed by atoms with van der Waals surface area (Å²) in [4.78, 5) is 2.91. The number of benzene rings is 1. The van der Waals surface area contributed by atoms with Crippen molar-refractivity contribution >= 4 is 5.84 Å². The van der Waals surface area contributed by atoms with E-state index < -0.39 is 22.7 Å². The summed E-state index contributed by atoms with van der Waals surface area (Å²) in [5, 5.41) is 20.0. The van der Waals surface area contributed by atoms with Gasteiger partial charge in [0.1, 0.15) is 11.5 Å². The molecule has 1 aliphatic carbocycles. The molecule has 1 aromatic rings. The zero-order chi connectivity index (χ0) is 17.9. The molecule has 2 aliphatic heterocycles. The van der Waals surface area contributed by atoms with E-state index in [0.717, 1.165) is 0 Å². The van der Waals surface area contributed by atoms with Crippen molar-refractivity contribution in [2.75, 3.05) is 27.4 Å². The quantitative estimate of drug-likeness (QED) is 0.720. The van der Waals surface area contributed by atoms with Gasteiger partial charge in [-0.25, -0.2) is 4.99 Å². The highest BCUT2D eigenvalue weighted by atomic mass is 16.8. The number of fused-ring (bicyclic) bond motifs is 2. The summed E-state index contributed by atoms with van der Waals surface area (Å²) >= 11 is 0. The van der Waals surface area contributed by atoms with Crippen LogP contribution in [0.15, 0.2) is 18.2 Å². The molecule has 2 heterocycles. The minimum atomic E-state index is -1.42. The third-order valence-electron chi connectivity index (χ3n) is 5.45. The highest BCUT2D eigenvalue weighted by molar-refractivity contribution is 5.95. The number of hydrogen-bond acceptors (Lipinski definition) is 7. The second kappa shape index (κ2) is 4.85. The van der Waals surface area contributed by atoms with Crippen LogP contribution in [0.25, 0.3) is 0 Å². The number of amidine groups is 1. The standard InChI is InChI=1S/C17H16N4O4/c1-22-10-3-4-11(12(7-10)23-2)13-15(8-18)14(20)21-17(16(13,15)9-19)24-5-6-25-17/h3-4,7,13H,5-6H2,1-2H3,(H2,20,21)/p+1/t13-,15-,16-/m1/s1. The summed E-state index contributed by atoms with van der Waals surface area (Å²) in [5.41, 5.74) is 4.30. The van der Waals surface area contributed by atoms with E-state index in [1.807, 2.05) is 0 Å². The van der Waals surface area contributed by atoms with E-state index in [2.05, 4.69) is 17.1 Å². The van der Waals surface area contributed by atoms with Gasteiger partial charge in [0.05, 0.1) is 45.5 Å². The van der Waals surface area contributed by atoms with Crippen molar-refractivity contribution in [3.63, 3.8) is 0 Å². The molecule has 0 radical (unpaired) electrons. The molecule has 4 rings (SSSR count). The van der Waals surface area contributed by atoms with Crippen LogP contribution >= 0.6 is 0 Å². The van der Waals surface area contributed by atoms with E-state index in [4.69, 9.17) is 24.7 Å². The molecule has 8 nitrogen and oxygen atoms in total. The fourth-order valence-corrected chi connectivity index (χ4v) is 4.34. The molecule has 1 saturated heterocycles. The van der Waals surface area contributed by atoms with Crippen LogP contribution in [-0.2, 0) is 9.47 Å². The Morgan fingerprint density at radius 2 is 1.92 bits per heavy atom. The van der Waals surface area contributed by atoms with E-state index in [1.165, 1.54) is 7.11 Å². The van der Waals surface area contributed by atoms with Gasteiger partial charge in [-0.2, -0.15) is 10.5 Å². The Bertz CT molecular complexity index is 864. The first-order valence-electron chi connectivity index (χ1n) is 7.80. The van der Waals surface area contributed by atoms with Crippen LogP contribution in [-0.4, -0.2) is 39.2 Å². The van der Waals surface area contributed by atoms with Gasteiger partial charge in [-0.05, 0) is 6.07 Å². The number of nitrogens with two attached hydrogens (primary N) is 1. The molecule has 25 heavy (non-hydrogen) atoms. The second-order valence-electron chi connectivity index (χ2n) is 6.23. The minimum absolute atomic E-state index is 0.182. The van der Waals surface area contributed by atoms with Gasteiger partial charge in [0, 0.05) is 11.6 Å². The third kappa shape index (κ3) is 1.50. The zero-order valence-electron chi connectivity index (χ0n) is 13.8. The van der Waals surface area contributed by atoms with Gasteiger partial charge in [-0.1, -0.05) is 6.07 Å². The van der Waals surface area contributed by atoms with Crippen molar-refractivity contribution in [1.82, 2.24) is 0 Å². The molecule has 0 bridgehead atoms. The van der Waals surface area contributed by atoms with E-state index in [0.29, 0.717) is 30.3 Å². The number of ether oxygens (including phenoxy) is 4. The Morgan fingerprint density at radius 3 is 2.48 bits per heavy atom. The summed E-state index contributed by atoms with van der Waals surface area (Å²) in [5.74, 6) is -0.654. The summed E-state index contributed by atoms with van der Waals surface area (Å²) in [6, 6.07) is 9.78. The molecule has 0 amide bonds. The first-order valence-corrected chi connectivity index (χ1v) is 7.80. The predicted octanol–water partition coefficient (Wildman–Crippen LogP) is -1.03. The number of nitrogens with zero attached hydrogens (tertiary/aromatic N) is 2. The maximum absolute atomic E-state index is 10.1. The van der Waals surface area contributed by atoms with Crippen molar-refractivity contribution in [2.24, 2.45) is 16.6 Å². The van der Waals surface area contributed by atoms with Crippen LogP contribution < -0.4 is 20.2 Å². The maximum atomic E-state index is 10.1. The lowest BCUT2D eigenvalue weighted by molar-refractivity contribution is -0.676. The zero-order valence-corrected chi connectivity index (χ0v) is 13.8. The lowest BCUT2D eigenvalue weighted by Crippen LogP contribution is -2.89. The van der Waals surface area contributed by atoms with E-state index in [1.54, 1.807) is 25.3 Å². The number of nitriles is 2. The molecular weight excluding hydrogens is 324 g/mol. The molecule has 0 aromatic heterocycles. The Balaban J connectivity index is 1.92. The molecule has 0 unspecified atom stereocenters. The molecule has 3 atom stereocenters. The normalized spacial score (nSPS) is 33.9. The van der Waals surface area contributed by atoms with Crippen LogP contribution in [0.1, 0.15) is 11.5 Å². The first-order chi connectivity index (χ1) is 12.1. The van der Waals surface area contributed by atoms with Gasteiger partial charge in [-0.15, -0.1) is 0 Å². The Hall–Kier alpha value is -2.81. The molecule has 3 aliphatic rings. The van der Waals surface area contributed by atoms with E-state index in [9.17, 15) is 10.5 Å². The molecule has 128 valence electrons. The molecule has 3 N–H and O–H groups in total. The van der Waals surface area contributed by atoms with E-state index >= 15 is 0 Å². The number of rotatable bonds is 3. The van der Waals surface area contributed by atoms with Gasteiger partial charge < -0.3 is 18.9 Å². The predicted molar refractivity (Wildman–Crippen MR) is 83.2 cm³/mol. The Morgan fingerprint density at radius 1 is 1.20 bits per heavy atom. The number of hydrogen-bond donors (Lipinski definition) is 2. The largest absolute Gasteiger partial charge is 0.497 e. The molecule has 1 saturated carbocycles. The SMILES string of the molecule is COc1ccc([C@@H]2[C@]3(C#N)C(N)=[NH+]C4(OCCO4)[C@]23C#N)c(OC)c1. The maximum Gasteiger partial charge on any atom is 0.343 e. The summed E-state index contributed by atoms with van der Waals surface area (Å²) in [7, 11) is 3.08. The fraction of sp³-hybridized carbons (Fsp3) is 0.471. The first kappa shape index (κ1) is 15.7. The second-order valence-corrected chi connectivity index (χ2v) is 6.23. The lowest BCUT2D eigenvalue weighted by Gasteiger charge is -2.23. The van der Waals surface area contributed by atoms with Crippen LogP contribution in [0.2, 0.25) is 0 Å². The average Bonchev–Trinajstić information content (AvgIpc) is 2.88. The van der Waals surface area contributed by atoms with Gasteiger partial charge in [0.15, 0.2) is 10.8 Å². The third-order valence-corrected chi connectivity index (χ3v) is 5.45. The summed E-state index contributed by atoms with van der Waals surface area (Å²) in [6.07, 6.45) is 0. The molecule has 2 fully saturated rings. The Kier molecular flexibility index (Phi) is 3.05.